The molecule has 1 aromatic rings. The fourth-order valence-corrected chi connectivity index (χ4v) is 15.7. The number of quaternary nitrogens is 1. The lowest BCUT2D eigenvalue weighted by Gasteiger charge is -2.39. The molecule has 0 aromatic heterocycles. The van der Waals surface area contributed by atoms with E-state index >= 15 is 0 Å². The Kier molecular flexibility index (Phi) is 49.3. The standard InChI is InChI=1S/C24H34N4O7.C17H28N4O10S.C17H28N4O7.C16H36N.C11H19N5O8S/c1-17(25-22(30)35-24(2,3)4)15-32-12-13-33-26-21(29)20-11-10-19-14-27(20)23(31)28(19)34-16-18-8-6-5-7-9-18;1-11(18-15(23)30-17(2,3)4)10-28-7-8-29-19-14(22)13-6-5-12-9-20(13)16(24)21(12)31-32(25,26)27;1-11(18-15(23)28-17(2,3)4)10-26-7-8-27-19-14(22)13-6-5-12-9-20(13)16(24)21(12)25;1-5-9-13-17(14-10-6-2,15-11-7-3)16-12-8-4;12-9(13)6-22-3-4-23-14-10(17)8-2-1-7-5-15(8)11(18)16(7)24-25(19,20)21/h5-9,19-20H,1,10-16H2,2-4H3,(H,25,30)(H,26,29);12-13H,1,5-10H2,2-4H3,(H,18,23)(H,19,22)(H,25,26,27);12-13,25H,1,5-10H2,2-4H3,(H,18,23)(H,19,22);5-16H2,1-4H3;7-8H,1-6H2,(H3,12,13)(H,14,17)(H,19,20,21)/q;;;+1;/p-1/t19-,20+;2*12-,13+;;7-,8+/m111.1/s1. The molecule has 8 aliphatic heterocycles. The Morgan fingerprint density at radius 1 is 0.438 bits per heavy atom. The van der Waals surface area contributed by atoms with E-state index in [0.29, 0.717) is 71.8 Å². The molecule has 0 aliphatic carbocycles. The maximum atomic E-state index is 12.8. The average molecular weight is 1990 g/mol. The molecular formula is C85H144N18O32S2. The van der Waals surface area contributed by atoms with Gasteiger partial charge in [-0.05, 0) is 145 Å². The Morgan fingerprint density at radius 2 is 0.715 bits per heavy atom. The molecule has 1 aromatic carbocycles. The van der Waals surface area contributed by atoms with Crippen molar-refractivity contribution in [1.29, 1.82) is 0 Å². The van der Waals surface area contributed by atoms with Gasteiger partial charge in [0.25, 0.3) is 29.5 Å². The van der Waals surface area contributed by atoms with Crippen LogP contribution in [0.2, 0.25) is 0 Å². The number of benzene rings is 1. The largest absolute Gasteiger partial charge is 0.724 e. The number of nitrogens with two attached hydrogens (primary N) is 2. The number of fused-ring (bicyclic) bond motifs is 8. The number of ether oxygens (including phenoxy) is 7. The molecule has 8 aliphatic rings. The number of amides is 15. The zero-order valence-electron chi connectivity index (χ0n) is 80.9. The third kappa shape index (κ3) is 43.1. The SMILES string of the molecule is C=C(COCCONC(=O)[C@@H]1CC[C@@H]2CN1C(=O)N2O)NC(=O)OC(C)(C)C.C=C(COCCONC(=O)[C@@H]1CC[C@@H]2CN1C(=O)N2OCc1ccccc1)NC(=O)OC(C)(C)C.C=C(COCCONC(=O)[C@@H]1CC[C@@H]2CN1C(=O)N2OS(=O)(=O)[O-])NC(=O)OC(C)(C)C.CCCC[N+](CCCC)(CCCC)CCCC.NC(=[NH2+])COCCONC(=O)[C@@H]1CC[C@@H]2CN1C(=O)N2OS(=O)(=O)[O-]. The summed E-state index contributed by atoms with van der Waals surface area (Å²) < 4.78 is 110. The van der Waals surface area contributed by atoms with Crippen LogP contribution in [0, 0.1) is 0 Å². The van der Waals surface area contributed by atoms with Crippen LogP contribution >= 0.6 is 0 Å². The lowest BCUT2D eigenvalue weighted by atomic mass is 10.0. The highest BCUT2D eigenvalue weighted by molar-refractivity contribution is 7.81. The number of hydroxylamine groups is 12. The Morgan fingerprint density at radius 3 is 1.01 bits per heavy atom. The number of alkyl carbamates (subject to hydrolysis) is 3. The second-order valence-electron chi connectivity index (χ2n) is 36.2. The molecule has 8 heterocycles. The molecule has 0 radical (unpaired) electrons. The van der Waals surface area contributed by atoms with Gasteiger partial charge in [-0.1, -0.05) is 103 Å². The first-order valence-corrected chi connectivity index (χ1v) is 48.4. The summed E-state index contributed by atoms with van der Waals surface area (Å²) in [5, 5.41) is 25.2. The van der Waals surface area contributed by atoms with Gasteiger partial charge in [0.15, 0.2) is 0 Å². The van der Waals surface area contributed by atoms with Crippen molar-refractivity contribution in [3.63, 3.8) is 0 Å². The fraction of sp³-hybridized carbons (Fsp3) is 0.718. The van der Waals surface area contributed by atoms with E-state index in [2.05, 4.69) is 93.9 Å². The van der Waals surface area contributed by atoms with E-state index in [-0.39, 0.29) is 148 Å². The van der Waals surface area contributed by atoms with E-state index in [4.69, 9.17) is 68.5 Å². The van der Waals surface area contributed by atoms with Gasteiger partial charge in [0.2, 0.25) is 20.8 Å². The Hall–Kier alpha value is -10.0. The van der Waals surface area contributed by atoms with Gasteiger partial charge in [0.05, 0.1) is 123 Å². The smallest absolute Gasteiger partial charge is 0.411 e. The minimum Gasteiger partial charge on any atom is -0.724 e. The highest BCUT2D eigenvalue weighted by Gasteiger charge is 2.52. The van der Waals surface area contributed by atoms with Crippen molar-refractivity contribution in [2.24, 2.45) is 5.73 Å². The number of urea groups is 4. The number of amidine groups is 1. The second-order valence-corrected chi connectivity index (χ2v) is 38.1. The molecular weight excluding hydrogens is 1850 g/mol. The molecule has 8 saturated heterocycles. The maximum Gasteiger partial charge on any atom is 0.411 e. The van der Waals surface area contributed by atoms with Crippen LogP contribution in [0.25, 0.3) is 0 Å². The van der Waals surface area contributed by atoms with Crippen molar-refractivity contribution in [1.82, 2.24) is 77.7 Å². The number of nitrogens with one attached hydrogen (secondary N) is 7. The summed E-state index contributed by atoms with van der Waals surface area (Å²) in [6.45, 7) is 43.7. The summed E-state index contributed by atoms with van der Waals surface area (Å²) in [6, 6.07) is 2.35. The molecule has 9 rings (SSSR count). The zero-order chi connectivity index (χ0) is 102. The summed E-state index contributed by atoms with van der Waals surface area (Å²) in [5.41, 5.74) is 14.3. The van der Waals surface area contributed by atoms with Crippen LogP contribution in [-0.4, -0.2) is 344 Å². The van der Waals surface area contributed by atoms with Crippen molar-refractivity contribution in [2.75, 3.05) is 132 Å². The highest BCUT2D eigenvalue weighted by Crippen LogP contribution is 2.35. The maximum absolute atomic E-state index is 12.8. The summed E-state index contributed by atoms with van der Waals surface area (Å²) in [6.07, 6.45) is 12.4. The summed E-state index contributed by atoms with van der Waals surface area (Å²) in [5.74, 6) is -1.92. The van der Waals surface area contributed by atoms with Gasteiger partial charge >= 0.3 is 42.4 Å². The topological polar surface area (TPSA) is 613 Å². The number of carbonyl (C=O) groups excluding carboxylic acids is 11. The Balaban J connectivity index is 0.000000308. The lowest BCUT2D eigenvalue weighted by Crippen LogP contribution is -2.50. The highest BCUT2D eigenvalue weighted by atomic mass is 32.3. The van der Waals surface area contributed by atoms with E-state index in [1.807, 2.05) is 30.3 Å². The molecule has 137 heavy (non-hydrogen) atoms. The number of hydrogen-bond donors (Lipinski definition) is 10. The van der Waals surface area contributed by atoms with Crippen molar-refractivity contribution in [2.45, 2.75) is 264 Å². The Labute approximate surface area is 801 Å². The van der Waals surface area contributed by atoms with Crippen LogP contribution in [0.5, 0.6) is 0 Å². The molecule has 8 atom stereocenters. The van der Waals surface area contributed by atoms with Crippen LogP contribution in [0.15, 0.2) is 67.2 Å². The molecule has 8 fully saturated rings. The van der Waals surface area contributed by atoms with E-state index < -0.39 is 134 Å². The first-order valence-electron chi connectivity index (χ1n) is 45.7. The normalized spacial score (nSPS) is 19.9. The van der Waals surface area contributed by atoms with Crippen LogP contribution < -0.4 is 49.0 Å². The number of carbonyl (C=O) groups is 11. The molecule has 0 unspecified atom stereocenters. The number of piperidine rings is 4. The summed E-state index contributed by atoms with van der Waals surface area (Å²) in [4.78, 5) is 164. The fourth-order valence-electron chi connectivity index (χ4n) is 15.0. The minimum absolute atomic E-state index is 0.00129. The Bertz CT molecular complexity index is 4320. The minimum atomic E-state index is -5.11. The average Bonchev–Trinajstić information content (AvgIpc) is 1.64. The molecule has 8 bridgehead atoms. The van der Waals surface area contributed by atoms with Crippen molar-refractivity contribution < 1.29 is 160 Å². The van der Waals surface area contributed by atoms with Gasteiger partial charge in [0.1, 0.15) is 54.2 Å². The monoisotopic (exact) mass is 1990 g/mol. The van der Waals surface area contributed by atoms with Crippen molar-refractivity contribution in [3.8, 4) is 0 Å². The van der Waals surface area contributed by atoms with Gasteiger partial charge in [-0.3, -0.25) is 75.7 Å². The number of unbranched alkanes of at least 4 members (excludes halogenated alkanes) is 4. The predicted molar refractivity (Wildman–Crippen MR) is 483 cm³/mol. The molecule has 0 saturated carbocycles. The zero-order valence-corrected chi connectivity index (χ0v) is 82.5. The van der Waals surface area contributed by atoms with Gasteiger partial charge in [-0.25, -0.2) is 77.4 Å². The second kappa shape index (κ2) is 57.5. The quantitative estimate of drug-likeness (QED) is 0.00510. The summed E-state index contributed by atoms with van der Waals surface area (Å²) in [7, 11) is -10.2. The third-order valence-electron chi connectivity index (χ3n) is 21.2. The van der Waals surface area contributed by atoms with Crippen LogP contribution in [-0.2, 0) is 112 Å². The number of nitrogens with zero attached hydrogens (tertiary/aromatic N) is 9. The first kappa shape index (κ1) is 117. The van der Waals surface area contributed by atoms with E-state index in [0.717, 1.165) is 15.4 Å². The van der Waals surface area contributed by atoms with Crippen LogP contribution in [0.1, 0.15) is 198 Å². The predicted octanol–water partition coefficient (Wildman–Crippen LogP) is 3.82. The number of rotatable bonds is 50. The molecule has 12 N–H and O–H groups in total. The van der Waals surface area contributed by atoms with Crippen molar-refractivity contribution >= 4 is 92.7 Å². The van der Waals surface area contributed by atoms with Crippen molar-refractivity contribution in [3.05, 3.63) is 72.7 Å². The number of hydrogen-bond acceptors (Lipinski definition) is 32. The van der Waals surface area contributed by atoms with Crippen LogP contribution in [0.3, 0.4) is 0 Å². The molecule has 15 amide bonds. The van der Waals surface area contributed by atoms with E-state index in [1.54, 1.807) is 62.3 Å². The van der Waals surface area contributed by atoms with Crippen LogP contribution in [0.4, 0.5) is 33.6 Å². The van der Waals surface area contributed by atoms with E-state index in [1.165, 1.54) is 96.9 Å². The molecule has 0 spiro atoms. The van der Waals surface area contributed by atoms with Gasteiger partial charge in [-0.2, -0.15) is 23.8 Å². The lowest BCUT2D eigenvalue weighted by molar-refractivity contribution is -0.929. The molecule has 52 heteroatoms. The van der Waals surface area contributed by atoms with Gasteiger partial charge < -0.3 is 66.3 Å². The third-order valence-corrected chi connectivity index (χ3v) is 21.9. The summed E-state index contributed by atoms with van der Waals surface area (Å²) >= 11 is 0. The molecule has 50 nitrogen and oxygen atoms in total. The van der Waals surface area contributed by atoms with Gasteiger partial charge in [0, 0.05) is 43.3 Å². The molecule has 778 valence electrons. The van der Waals surface area contributed by atoms with Gasteiger partial charge in [-0.15, -0.1) is 0 Å². The first-order chi connectivity index (χ1) is 64.4. The van der Waals surface area contributed by atoms with E-state index in [9.17, 15) is 83.9 Å².